The highest BCUT2D eigenvalue weighted by Gasteiger charge is 2.20. The van der Waals surface area contributed by atoms with Gasteiger partial charge in [0, 0.05) is 17.8 Å². The van der Waals surface area contributed by atoms with E-state index in [1.165, 1.54) is 43.4 Å². The molecule has 3 rings (SSSR count). The summed E-state index contributed by atoms with van der Waals surface area (Å²) in [7, 11) is 0. The van der Waals surface area contributed by atoms with Gasteiger partial charge in [0.1, 0.15) is 5.75 Å². The van der Waals surface area contributed by atoms with Gasteiger partial charge in [0.05, 0.1) is 6.61 Å². The van der Waals surface area contributed by atoms with Gasteiger partial charge in [0.25, 0.3) is 0 Å². The van der Waals surface area contributed by atoms with E-state index in [0.717, 1.165) is 37.2 Å². The monoisotopic (exact) mass is 259 g/mol. The van der Waals surface area contributed by atoms with Crippen molar-refractivity contribution in [2.75, 3.05) is 18.5 Å². The van der Waals surface area contributed by atoms with Crippen LogP contribution in [0.3, 0.4) is 0 Å². The van der Waals surface area contributed by atoms with Gasteiger partial charge in [-0.05, 0) is 49.7 Å². The predicted molar refractivity (Wildman–Crippen MR) is 79.9 cm³/mol. The molecule has 1 fully saturated rings. The summed E-state index contributed by atoms with van der Waals surface area (Å²) in [6, 6.07) is 6.41. The van der Waals surface area contributed by atoms with Crippen molar-refractivity contribution in [2.45, 2.75) is 45.4 Å². The highest BCUT2D eigenvalue weighted by atomic mass is 16.5. The summed E-state index contributed by atoms with van der Waals surface area (Å²) >= 11 is 0. The molecule has 1 saturated carbocycles. The number of hydrogen-bond acceptors (Lipinski definition) is 2. The molecule has 0 spiro atoms. The molecule has 1 aromatic rings. The first kappa shape index (κ1) is 12.8. The van der Waals surface area contributed by atoms with Gasteiger partial charge < -0.3 is 10.1 Å². The Kier molecular flexibility index (Phi) is 3.95. The summed E-state index contributed by atoms with van der Waals surface area (Å²) in [6.07, 6.45) is 7.81. The van der Waals surface area contributed by atoms with Crippen LogP contribution in [0.2, 0.25) is 0 Å². The average molecular weight is 259 g/mol. The number of nitrogens with one attached hydrogen (secondary N) is 1. The fourth-order valence-electron chi connectivity index (χ4n) is 3.32. The minimum Gasteiger partial charge on any atom is -0.493 e. The van der Waals surface area contributed by atoms with Crippen LogP contribution in [0.1, 0.15) is 44.6 Å². The molecular formula is C17H25NO. The zero-order valence-electron chi connectivity index (χ0n) is 12.0. The van der Waals surface area contributed by atoms with Gasteiger partial charge >= 0.3 is 0 Å². The number of benzene rings is 1. The van der Waals surface area contributed by atoms with Crippen molar-refractivity contribution in [1.29, 1.82) is 0 Å². The lowest BCUT2D eigenvalue weighted by atomic mass is 9.83. The first-order valence-electron chi connectivity index (χ1n) is 7.81. The quantitative estimate of drug-likeness (QED) is 0.876. The van der Waals surface area contributed by atoms with Gasteiger partial charge in [-0.3, -0.25) is 0 Å². The largest absolute Gasteiger partial charge is 0.493 e. The SMILES string of the molecule is CC1CCC(COc2cccc3c2CCCN3)CC1. The van der Waals surface area contributed by atoms with Crippen LogP contribution in [0.5, 0.6) is 5.75 Å². The van der Waals surface area contributed by atoms with Crippen molar-refractivity contribution in [2.24, 2.45) is 11.8 Å². The third-order valence-corrected chi connectivity index (χ3v) is 4.66. The standard InChI is InChI=1S/C17H25NO/c1-13-7-9-14(10-8-13)12-19-17-6-2-5-16-15(17)4-3-11-18-16/h2,5-6,13-14,18H,3-4,7-12H2,1H3. The van der Waals surface area contributed by atoms with Crippen molar-refractivity contribution in [1.82, 2.24) is 0 Å². The average Bonchev–Trinajstić information content (AvgIpc) is 2.47. The van der Waals surface area contributed by atoms with E-state index in [1.54, 1.807) is 0 Å². The molecule has 1 heterocycles. The molecule has 1 aromatic carbocycles. The van der Waals surface area contributed by atoms with E-state index in [2.05, 4.69) is 30.4 Å². The number of anilines is 1. The Hall–Kier alpha value is -1.18. The van der Waals surface area contributed by atoms with E-state index in [0.29, 0.717) is 0 Å². The zero-order chi connectivity index (χ0) is 13.1. The minimum absolute atomic E-state index is 0.767. The zero-order valence-corrected chi connectivity index (χ0v) is 12.0. The molecule has 1 aliphatic heterocycles. The molecule has 0 atom stereocenters. The van der Waals surface area contributed by atoms with Crippen LogP contribution >= 0.6 is 0 Å². The second-order valence-electron chi connectivity index (χ2n) is 6.25. The van der Waals surface area contributed by atoms with Gasteiger partial charge in [0.2, 0.25) is 0 Å². The molecule has 0 unspecified atom stereocenters. The lowest BCUT2D eigenvalue weighted by Crippen LogP contribution is -2.20. The molecule has 0 amide bonds. The van der Waals surface area contributed by atoms with E-state index in [9.17, 15) is 0 Å². The molecule has 0 aromatic heterocycles. The van der Waals surface area contributed by atoms with Crippen molar-refractivity contribution in [3.05, 3.63) is 23.8 Å². The van der Waals surface area contributed by atoms with E-state index in [1.807, 2.05) is 0 Å². The van der Waals surface area contributed by atoms with Gasteiger partial charge in [-0.25, -0.2) is 0 Å². The Morgan fingerprint density at radius 3 is 2.89 bits per heavy atom. The van der Waals surface area contributed by atoms with Gasteiger partial charge in [-0.15, -0.1) is 0 Å². The number of ether oxygens (including phenoxy) is 1. The fraction of sp³-hybridized carbons (Fsp3) is 0.647. The lowest BCUT2D eigenvalue weighted by molar-refractivity contribution is 0.187. The second kappa shape index (κ2) is 5.85. The molecule has 1 aliphatic carbocycles. The second-order valence-corrected chi connectivity index (χ2v) is 6.25. The van der Waals surface area contributed by atoms with Crippen LogP contribution in [0.25, 0.3) is 0 Å². The molecule has 2 aliphatic rings. The number of fused-ring (bicyclic) bond motifs is 1. The van der Waals surface area contributed by atoms with Crippen molar-refractivity contribution in [3.8, 4) is 5.75 Å². The van der Waals surface area contributed by atoms with Crippen LogP contribution < -0.4 is 10.1 Å². The Balaban J connectivity index is 1.61. The summed E-state index contributed by atoms with van der Waals surface area (Å²) in [5.41, 5.74) is 2.67. The fourth-order valence-corrected chi connectivity index (χ4v) is 3.32. The molecule has 2 heteroatoms. The number of hydrogen-bond donors (Lipinski definition) is 1. The van der Waals surface area contributed by atoms with Gasteiger partial charge in [0.15, 0.2) is 0 Å². The lowest BCUT2D eigenvalue weighted by Gasteiger charge is -2.27. The van der Waals surface area contributed by atoms with Crippen molar-refractivity contribution < 1.29 is 4.74 Å². The molecule has 0 radical (unpaired) electrons. The Morgan fingerprint density at radius 2 is 2.05 bits per heavy atom. The van der Waals surface area contributed by atoms with E-state index in [4.69, 9.17) is 4.74 Å². The molecule has 1 N–H and O–H groups in total. The Morgan fingerprint density at radius 1 is 1.21 bits per heavy atom. The third kappa shape index (κ3) is 3.05. The van der Waals surface area contributed by atoms with Gasteiger partial charge in [-0.1, -0.05) is 25.8 Å². The van der Waals surface area contributed by atoms with Crippen molar-refractivity contribution >= 4 is 5.69 Å². The summed E-state index contributed by atoms with van der Waals surface area (Å²) in [4.78, 5) is 0. The van der Waals surface area contributed by atoms with Crippen LogP contribution in [0.15, 0.2) is 18.2 Å². The summed E-state index contributed by atoms with van der Waals surface area (Å²) in [6.45, 7) is 4.37. The first-order chi connectivity index (χ1) is 9.33. The summed E-state index contributed by atoms with van der Waals surface area (Å²) < 4.78 is 6.14. The molecule has 2 nitrogen and oxygen atoms in total. The highest BCUT2D eigenvalue weighted by Crippen LogP contribution is 2.33. The van der Waals surface area contributed by atoms with Crippen LogP contribution in [0, 0.1) is 11.8 Å². The summed E-state index contributed by atoms with van der Waals surface area (Å²) in [5, 5.41) is 3.47. The molecule has 0 saturated heterocycles. The number of rotatable bonds is 3. The Labute approximate surface area is 116 Å². The third-order valence-electron chi connectivity index (χ3n) is 4.66. The normalized spacial score (nSPS) is 26.4. The smallest absolute Gasteiger partial charge is 0.124 e. The minimum atomic E-state index is 0.767. The maximum absolute atomic E-state index is 6.14. The maximum atomic E-state index is 6.14. The topological polar surface area (TPSA) is 21.3 Å². The van der Waals surface area contributed by atoms with Crippen LogP contribution in [-0.4, -0.2) is 13.2 Å². The van der Waals surface area contributed by atoms with E-state index in [-0.39, 0.29) is 0 Å². The first-order valence-corrected chi connectivity index (χ1v) is 7.81. The maximum Gasteiger partial charge on any atom is 0.124 e. The molecule has 104 valence electrons. The van der Waals surface area contributed by atoms with Gasteiger partial charge in [-0.2, -0.15) is 0 Å². The molecule has 19 heavy (non-hydrogen) atoms. The van der Waals surface area contributed by atoms with Crippen LogP contribution in [0.4, 0.5) is 5.69 Å². The Bertz CT molecular complexity index is 421. The van der Waals surface area contributed by atoms with E-state index < -0.39 is 0 Å². The predicted octanol–water partition coefficient (Wildman–Crippen LogP) is 4.25. The van der Waals surface area contributed by atoms with Crippen molar-refractivity contribution in [3.63, 3.8) is 0 Å². The molecular weight excluding hydrogens is 234 g/mol. The van der Waals surface area contributed by atoms with E-state index >= 15 is 0 Å². The molecule has 0 bridgehead atoms. The summed E-state index contributed by atoms with van der Waals surface area (Å²) in [5.74, 6) is 2.80. The highest BCUT2D eigenvalue weighted by molar-refractivity contribution is 5.59. The van der Waals surface area contributed by atoms with Crippen LogP contribution in [-0.2, 0) is 6.42 Å².